The van der Waals surface area contributed by atoms with Gasteiger partial charge in [0.15, 0.2) is 0 Å². The van der Waals surface area contributed by atoms with Crippen molar-refractivity contribution >= 4 is 28.8 Å². The Bertz CT molecular complexity index is 929. The van der Waals surface area contributed by atoms with Crippen molar-refractivity contribution < 1.29 is 4.79 Å². The van der Waals surface area contributed by atoms with Crippen molar-refractivity contribution in [3.63, 3.8) is 0 Å². The van der Waals surface area contributed by atoms with Crippen molar-refractivity contribution in [2.24, 2.45) is 17.6 Å². The number of hydrogen-bond acceptors (Lipinski definition) is 4. The predicted molar refractivity (Wildman–Crippen MR) is 163 cm³/mol. The second-order valence-electron chi connectivity index (χ2n) is 11.5. The van der Waals surface area contributed by atoms with Gasteiger partial charge in [0.1, 0.15) is 0 Å². The highest BCUT2D eigenvalue weighted by Gasteiger charge is 2.22. The third-order valence-corrected chi connectivity index (χ3v) is 7.34. The maximum absolute atomic E-state index is 12.0. The van der Waals surface area contributed by atoms with Crippen LogP contribution in [-0.4, -0.2) is 47.5 Å². The van der Waals surface area contributed by atoms with Gasteiger partial charge in [0.05, 0.1) is 4.99 Å². The van der Waals surface area contributed by atoms with E-state index >= 15 is 0 Å². The number of rotatable bonds is 9. The first-order valence-electron chi connectivity index (χ1n) is 14.0. The van der Waals surface area contributed by atoms with E-state index in [2.05, 4.69) is 58.9 Å². The number of nitrogens with two attached hydrogens (primary N) is 1. The number of nitrogens with zero attached hydrogens (tertiary/aromatic N) is 1. The molecular weight excluding hydrogens is 476 g/mol. The van der Waals surface area contributed by atoms with Gasteiger partial charge in [-0.2, -0.15) is 0 Å². The molecule has 0 aromatic heterocycles. The molecule has 1 unspecified atom stereocenters. The van der Waals surface area contributed by atoms with E-state index in [1.807, 2.05) is 40.7 Å². The van der Waals surface area contributed by atoms with Crippen LogP contribution in [0.4, 0.5) is 5.69 Å². The number of carbonyl (C=O) groups excluding carboxylic acids is 1. The normalized spacial score (nSPS) is 17.5. The van der Waals surface area contributed by atoms with E-state index in [1.165, 1.54) is 62.9 Å². The molecule has 1 aromatic carbocycles. The highest BCUT2D eigenvalue weighted by atomic mass is 32.1. The van der Waals surface area contributed by atoms with Crippen molar-refractivity contribution in [1.29, 1.82) is 0 Å². The lowest BCUT2D eigenvalue weighted by Crippen LogP contribution is -2.47. The van der Waals surface area contributed by atoms with Crippen LogP contribution >= 0.6 is 12.2 Å². The van der Waals surface area contributed by atoms with Crippen LogP contribution in [0.2, 0.25) is 0 Å². The summed E-state index contributed by atoms with van der Waals surface area (Å²) in [5.41, 5.74) is 9.21. The molecule has 6 heteroatoms. The van der Waals surface area contributed by atoms with E-state index in [0.29, 0.717) is 18.4 Å². The molecule has 206 valence electrons. The first-order chi connectivity index (χ1) is 17.5. The van der Waals surface area contributed by atoms with Gasteiger partial charge in [-0.1, -0.05) is 63.3 Å². The van der Waals surface area contributed by atoms with Crippen LogP contribution in [-0.2, 0) is 4.79 Å². The Morgan fingerprint density at radius 3 is 2.43 bits per heavy atom. The molecule has 37 heavy (non-hydrogen) atoms. The summed E-state index contributed by atoms with van der Waals surface area (Å²) in [7, 11) is 0. The van der Waals surface area contributed by atoms with Crippen molar-refractivity contribution in [3.8, 4) is 0 Å². The van der Waals surface area contributed by atoms with Gasteiger partial charge in [-0.25, -0.2) is 0 Å². The number of allylic oxidation sites excluding steroid dienone is 4. The summed E-state index contributed by atoms with van der Waals surface area (Å²) < 4.78 is 0. The minimum atomic E-state index is -0.0498. The van der Waals surface area contributed by atoms with Gasteiger partial charge < -0.3 is 21.3 Å². The molecule has 1 aliphatic heterocycles. The Hall–Kier alpha value is -2.02. The Morgan fingerprint density at radius 1 is 1.19 bits per heavy atom. The Balaban J connectivity index is 0.000000458. The number of carbonyl (C=O) groups is 1. The maximum atomic E-state index is 12.0. The third kappa shape index (κ3) is 11.5. The largest absolute Gasteiger partial charge is 0.374 e. The molecule has 0 radical (unpaired) electrons. The summed E-state index contributed by atoms with van der Waals surface area (Å²) in [5, 5.41) is 6.11. The van der Waals surface area contributed by atoms with Crippen LogP contribution in [0.1, 0.15) is 85.1 Å². The fourth-order valence-corrected chi connectivity index (χ4v) is 4.99. The van der Waals surface area contributed by atoms with Crippen LogP contribution < -0.4 is 16.4 Å². The van der Waals surface area contributed by atoms with Crippen LogP contribution in [0.15, 0.2) is 48.1 Å². The average molecular weight is 527 g/mol. The van der Waals surface area contributed by atoms with Gasteiger partial charge >= 0.3 is 0 Å². The average Bonchev–Trinajstić information content (AvgIpc) is 2.88. The maximum Gasteiger partial charge on any atom is 0.226 e. The molecule has 1 aliphatic carbocycles. The van der Waals surface area contributed by atoms with E-state index in [9.17, 15) is 4.79 Å². The smallest absolute Gasteiger partial charge is 0.226 e. The lowest BCUT2D eigenvalue weighted by molar-refractivity contribution is -0.118. The molecule has 1 heterocycles. The third-order valence-electron chi connectivity index (χ3n) is 7.23. The van der Waals surface area contributed by atoms with Gasteiger partial charge in [0.2, 0.25) is 5.91 Å². The fraction of sp³-hybridized carbons (Fsp3) is 0.613. The molecule has 1 atom stereocenters. The molecule has 2 aliphatic rings. The molecule has 5 nitrogen and oxygen atoms in total. The van der Waals surface area contributed by atoms with Gasteiger partial charge in [0.25, 0.3) is 0 Å². The second-order valence-corrected chi connectivity index (χ2v) is 12.1. The first kappa shape index (κ1) is 31.2. The van der Waals surface area contributed by atoms with Crippen molar-refractivity contribution in [1.82, 2.24) is 10.2 Å². The molecule has 3 rings (SSSR count). The standard InChI is InChI=1S/C25H36N2O.C6H14N2S/c1-19(2)25(28)26-24-11-7-10-23(18-24)22-13-16-27(17-14-22)15-12-20(3)21-8-5-4-6-9-21;1-5(9)8-6(2,3)4-7/h5,7-11,18-20,22H,4,6,12-17H2,1-3H3,(H,26,28);4,7H2,1-3H3,(H,8,9). The molecule has 0 saturated carbocycles. The SMILES string of the molecule is CC(=S)NC(C)(C)CN.CC(C)C(=O)Nc1cccc(C2CCN(CCC(C)C3=CCCC=C3)CC2)c1. The summed E-state index contributed by atoms with van der Waals surface area (Å²) >= 11 is 4.84. The molecule has 4 N–H and O–H groups in total. The lowest BCUT2D eigenvalue weighted by atomic mass is 9.88. The van der Waals surface area contributed by atoms with Crippen LogP contribution in [0.3, 0.4) is 0 Å². The Labute approximate surface area is 231 Å². The molecule has 1 amide bonds. The van der Waals surface area contributed by atoms with Crippen LogP contribution in [0.5, 0.6) is 0 Å². The summed E-state index contributed by atoms with van der Waals surface area (Å²) in [5.74, 6) is 1.36. The first-order valence-corrected chi connectivity index (χ1v) is 14.4. The topological polar surface area (TPSA) is 70.4 Å². The zero-order valence-electron chi connectivity index (χ0n) is 24.0. The monoisotopic (exact) mass is 526 g/mol. The number of likely N-dealkylation sites (tertiary alicyclic amines) is 1. The Kier molecular flexibility index (Phi) is 13.0. The summed E-state index contributed by atoms with van der Waals surface area (Å²) in [6.45, 7) is 16.3. The molecule has 1 aromatic rings. The number of nitrogens with one attached hydrogen (secondary N) is 2. The van der Waals surface area contributed by atoms with Crippen LogP contribution in [0.25, 0.3) is 0 Å². The van der Waals surface area contributed by atoms with E-state index in [-0.39, 0.29) is 17.4 Å². The number of piperidine rings is 1. The van der Waals surface area contributed by atoms with Crippen LogP contribution in [0, 0.1) is 11.8 Å². The molecule has 0 bridgehead atoms. The van der Waals surface area contributed by atoms with Gasteiger partial charge in [-0.3, -0.25) is 4.79 Å². The highest BCUT2D eigenvalue weighted by Crippen LogP contribution is 2.30. The molecule has 1 saturated heterocycles. The van der Waals surface area contributed by atoms with Crippen molar-refractivity contribution in [3.05, 3.63) is 53.6 Å². The second kappa shape index (κ2) is 15.4. The zero-order chi connectivity index (χ0) is 27.4. The molecular formula is C31H50N4OS. The highest BCUT2D eigenvalue weighted by molar-refractivity contribution is 7.80. The van der Waals surface area contributed by atoms with Gasteiger partial charge in [-0.05, 0) is 108 Å². The van der Waals surface area contributed by atoms with E-state index in [4.69, 9.17) is 18.0 Å². The Morgan fingerprint density at radius 2 is 1.89 bits per heavy atom. The number of thiocarbonyl (C=S) groups is 1. The molecule has 1 fully saturated rings. The minimum absolute atomic E-state index is 0.00847. The summed E-state index contributed by atoms with van der Waals surface area (Å²) in [4.78, 5) is 15.4. The van der Waals surface area contributed by atoms with E-state index in [1.54, 1.807) is 0 Å². The fourth-order valence-electron chi connectivity index (χ4n) is 4.72. The lowest BCUT2D eigenvalue weighted by Gasteiger charge is -2.33. The van der Waals surface area contributed by atoms with E-state index in [0.717, 1.165) is 10.7 Å². The number of amides is 1. The summed E-state index contributed by atoms with van der Waals surface area (Å²) in [6, 6.07) is 8.46. The number of benzene rings is 1. The molecule has 0 spiro atoms. The van der Waals surface area contributed by atoms with Crippen molar-refractivity contribution in [2.45, 2.75) is 85.1 Å². The minimum Gasteiger partial charge on any atom is -0.374 e. The van der Waals surface area contributed by atoms with Gasteiger partial charge in [0, 0.05) is 23.7 Å². The van der Waals surface area contributed by atoms with Gasteiger partial charge in [-0.15, -0.1) is 0 Å². The predicted octanol–water partition coefficient (Wildman–Crippen LogP) is 6.42. The quantitative estimate of drug-likeness (QED) is 0.324. The number of anilines is 1. The van der Waals surface area contributed by atoms with Crippen molar-refractivity contribution in [2.75, 3.05) is 31.5 Å². The van der Waals surface area contributed by atoms with E-state index < -0.39 is 0 Å². The number of hydrogen-bond donors (Lipinski definition) is 3. The summed E-state index contributed by atoms with van der Waals surface area (Å²) in [6.07, 6.45) is 13.1. The zero-order valence-corrected chi connectivity index (χ0v) is 24.8.